The average molecular weight is 289 g/mol. The molecule has 0 aromatic heterocycles. The summed E-state index contributed by atoms with van der Waals surface area (Å²) in [6.07, 6.45) is 1.76. The van der Waals surface area contributed by atoms with Crippen molar-refractivity contribution in [2.24, 2.45) is 5.73 Å². The van der Waals surface area contributed by atoms with E-state index in [9.17, 15) is 4.79 Å². The van der Waals surface area contributed by atoms with E-state index in [-0.39, 0.29) is 24.4 Å². The van der Waals surface area contributed by atoms with Crippen molar-refractivity contribution in [3.8, 4) is 0 Å². The fourth-order valence-electron chi connectivity index (χ4n) is 2.11. The van der Waals surface area contributed by atoms with E-state index >= 15 is 0 Å². The number of nitrogens with two attached hydrogens (primary N) is 1. The third kappa shape index (κ3) is 3.16. The smallest absolute Gasteiger partial charge is 0.254 e. The molecule has 1 aliphatic heterocycles. The molecule has 1 aromatic carbocycles. The molecule has 1 saturated heterocycles. The number of benzene rings is 1. The number of likely N-dealkylation sites (tertiary alicyclic amines) is 1. The summed E-state index contributed by atoms with van der Waals surface area (Å²) in [7, 11) is 0. The van der Waals surface area contributed by atoms with E-state index in [1.165, 1.54) is 0 Å². The van der Waals surface area contributed by atoms with E-state index in [1.807, 2.05) is 24.0 Å². The molecule has 1 aromatic rings. The highest BCUT2D eigenvalue weighted by Gasteiger charge is 2.22. The van der Waals surface area contributed by atoms with Crippen LogP contribution >= 0.6 is 24.0 Å². The molecule has 0 spiro atoms. The van der Waals surface area contributed by atoms with Crippen LogP contribution in [0, 0.1) is 6.92 Å². The zero-order chi connectivity index (χ0) is 12.4. The minimum atomic E-state index is 0. The predicted octanol–water partition coefficient (Wildman–Crippen LogP) is 2.63. The van der Waals surface area contributed by atoms with Gasteiger partial charge in [0.25, 0.3) is 5.91 Å². The second-order valence-corrected chi connectivity index (χ2v) is 4.95. The Morgan fingerprint density at radius 3 is 2.61 bits per heavy atom. The highest BCUT2D eigenvalue weighted by molar-refractivity contribution is 6.31. The molecule has 100 valence electrons. The van der Waals surface area contributed by atoms with Gasteiger partial charge in [0.1, 0.15) is 0 Å². The molecule has 1 fully saturated rings. The van der Waals surface area contributed by atoms with Crippen LogP contribution in [0.4, 0.5) is 0 Å². The van der Waals surface area contributed by atoms with E-state index in [1.54, 1.807) is 6.07 Å². The van der Waals surface area contributed by atoms with E-state index < -0.39 is 0 Å². The van der Waals surface area contributed by atoms with Gasteiger partial charge in [-0.25, -0.2) is 0 Å². The van der Waals surface area contributed by atoms with Crippen molar-refractivity contribution < 1.29 is 4.79 Å². The number of rotatable bonds is 1. The lowest BCUT2D eigenvalue weighted by Gasteiger charge is -2.30. The first kappa shape index (κ1) is 15.3. The summed E-state index contributed by atoms with van der Waals surface area (Å²) in [6, 6.07) is 5.69. The SMILES string of the molecule is Cc1c(Cl)cccc1C(=O)N1CCC(N)CC1.Cl. The summed E-state index contributed by atoms with van der Waals surface area (Å²) < 4.78 is 0. The van der Waals surface area contributed by atoms with Gasteiger partial charge in [0.2, 0.25) is 0 Å². The van der Waals surface area contributed by atoms with Crippen molar-refractivity contribution in [1.29, 1.82) is 0 Å². The van der Waals surface area contributed by atoms with Gasteiger partial charge in [0.05, 0.1) is 0 Å². The minimum absolute atomic E-state index is 0. The number of nitrogens with zero attached hydrogens (tertiary/aromatic N) is 1. The second kappa shape index (κ2) is 6.41. The topological polar surface area (TPSA) is 46.3 Å². The Hall–Kier alpha value is -0.770. The molecule has 0 atom stereocenters. The summed E-state index contributed by atoms with van der Waals surface area (Å²) in [5, 5.41) is 0.643. The molecule has 0 aliphatic carbocycles. The van der Waals surface area contributed by atoms with Gasteiger partial charge in [-0.15, -0.1) is 12.4 Å². The van der Waals surface area contributed by atoms with Crippen molar-refractivity contribution in [1.82, 2.24) is 4.90 Å². The summed E-state index contributed by atoms with van der Waals surface area (Å²) >= 11 is 6.03. The number of carbonyl (C=O) groups excluding carboxylic acids is 1. The number of piperidine rings is 1. The number of amides is 1. The van der Waals surface area contributed by atoms with Crippen LogP contribution in [0.15, 0.2) is 18.2 Å². The van der Waals surface area contributed by atoms with Crippen LogP contribution in [-0.4, -0.2) is 29.9 Å². The van der Waals surface area contributed by atoms with Crippen LogP contribution in [0.2, 0.25) is 5.02 Å². The molecule has 1 aliphatic rings. The van der Waals surface area contributed by atoms with Crippen LogP contribution in [-0.2, 0) is 0 Å². The lowest BCUT2D eigenvalue weighted by atomic mass is 10.0. The molecule has 1 amide bonds. The van der Waals surface area contributed by atoms with Gasteiger partial charge in [-0.3, -0.25) is 4.79 Å². The maximum atomic E-state index is 12.3. The summed E-state index contributed by atoms with van der Waals surface area (Å²) in [4.78, 5) is 14.2. The fourth-order valence-corrected chi connectivity index (χ4v) is 2.29. The molecular formula is C13H18Cl2N2O. The monoisotopic (exact) mass is 288 g/mol. The van der Waals surface area contributed by atoms with Gasteiger partial charge in [0, 0.05) is 29.7 Å². The van der Waals surface area contributed by atoms with E-state index in [0.717, 1.165) is 31.5 Å². The molecule has 0 bridgehead atoms. The Morgan fingerprint density at radius 2 is 2.00 bits per heavy atom. The average Bonchev–Trinajstić information content (AvgIpc) is 2.33. The molecule has 5 heteroatoms. The largest absolute Gasteiger partial charge is 0.339 e. The van der Waals surface area contributed by atoms with E-state index in [0.29, 0.717) is 10.6 Å². The Balaban J connectivity index is 0.00000162. The second-order valence-electron chi connectivity index (χ2n) is 4.54. The number of hydrogen-bond acceptors (Lipinski definition) is 2. The Morgan fingerprint density at radius 1 is 1.39 bits per heavy atom. The molecule has 0 unspecified atom stereocenters. The lowest BCUT2D eigenvalue weighted by molar-refractivity contribution is 0.0714. The Labute approximate surface area is 119 Å². The molecule has 0 radical (unpaired) electrons. The first-order chi connectivity index (χ1) is 8.09. The van der Waals surface area contributed by atoms with Crippen molar-refractivity contribution in [3.05, 3.63) is 34.3 Å². The zero-order valence-corrected chi connectivity index (χ0v) is 11.9. The van der Waals surface area contributed by atoms with Gasteiger partial charge in [-0.2, -0.15) is 0 Å². The molecule has 2 rings (SSSR count). The highest BCUT2D eigenvalue weighted by Crippen LogP contribution is 2.21. The maximum Gasteiger partial charge on any atom is 0.254 e. The van der Waals surface area contributed by atoms with E-state index in [4.69, 9.17) is 17.3 Å². The predicted molar refractivity (Wildman–Crippen MR) is 76.5 cm³/mol. The normalized spacial score (nSPS) is 16.3. The van der Waals surface area contributed by atoms with Crippen LogP contribution in [0.25, 0.3) is 0 Å². The summed E-state index contributed by atoms with van der Waals surface area (Å²) in [5.41, 5.74) is 7.39. The van der Waals surface area contributed by atoms with Crippen molar-refractivity contribution in [3.63, 3.8) is 0 Å². The minimum Gasteiger partial charge on any atom is -0.339 e. The van der Waals surface area contributed by atoms with E-state index in [2.05, 4.69) is 0 Å². The third-order valence-electron chi connectivity index (χ3n) is 3.32. The Kier molecular flexibility index (Phi) is 5.45. The van der Waals surface area contributed by atoms with Crippen molar-refractivity contribution in [2.45, 2.75) is 25.8 Å². The molecule has 1 heterocycles. The number of hydrogen-bond donors (Lipinski definition) is 1. The summed E-state index contributed by atoms with van der Waals surface area (Å²) in [6.45, 7) is 3.36. The van der Waals surface area contributed by atoms with Crippen molar-refractivity contribution in [2.75, 3.05) is 13.1 Å². The van der Waals surface area contributed by atoms with Crippen molar-refractivity contribution >= 4 is 29.9 Å². The van der Waals surface area contributed by atoms with Gasteiger partial charge in [-0.1, -0.05) is 17.7 Å². The molecule has 3 nitrogen and oxygen atoms in total. The van der Waals surface area contributed by atoms with Gasteiger partial charge in [-0.05, 0) is 37.5 Å². The first-order valence-electron chi connectivity index (χ1n) is 5.89. The molecule has 2 N–H and O–H groups in total. The standard InChI is InChI=1S/C13H17ClN2O.ClH/c1-9-11(3-2-4-12(9)14)13(17)16-7-5-10(15)6-8-16;/h2-4,10H,5-8,15H2,1H3;1H. The Bertz CT molecular complexity index is 429. The van der Waals surface area contributed by atoms with Crippen LogP contribution in [0.1, 0.15) is 28.8 Å². The molecular weight excluding hydrogens is 271 g/mol. The van der Waals surface area contributed by atoms with Gasteiger partial charge >= 0.3 is 0 Å². The van der Waals surface area contributed by atoms with Crippen LogP contribution in [0.5, 0.6) is 0 Å². The fraction of sp³-hybridized carbons (Fsp3) is 0.462. The highest BCUT2D eigenvalue weighted by atomic mass is 35.5. The van der Waals surface area contributed by atoms with Crippen LogP contribution < -0.4 is 5.73 Å². The first-order valence-corrected chi connectivity index (χ1v) is 6.27. The lowest BCUT2D eigenvalue weighted by Crippen LogP contribution is -2.43. The molecule has 0 saturated carbocycles. The quantitative estimate of drug-likeness (QED) is 0.864. The number of carbonyl (C=O) groups is 1. The van der Waals surface area contributed by atoms with Crippen LogP contribution in [0.3, 0.4) is 0 Å². The summed E-state index contributed by atoms with van der Waals surface area (Å²) in [5.74, 6) is 0.0666. The maximum absolute atomic E-state index is 12.3. The van der Waals surface area contributed by atoms with Gasteiger partial charge in [0.15, 0.2) is 0 Å². The number of halogens is 2. The molecule has 18 heavy (non-hydrogen) atoms. The third-order valence-corrected chi connectivity index (χ3v) is 3.73. The van der Waals surface area contributed by atoms with Gasteiger partial charge < -0.3 is 10.6 Å². The zero-order valence-electron chi connectivity index (χ0n) is 10.4.